The van der Waals surface area contributed by atoms with Gasteiger partial charge in [0.25, 0.3) is 0 Å². The molecule has 2 aliphatic rings. The van der Waals surface area contributed by atoms with E-state index in [0.717, 1.165) is 44.5 Å². The number of benzene rings is 1. The van der Waals surface area contributed by atoms with Crippen molar-refractivity contribution >= 4 is 17.3 Å². The van der Waals surface area contributed by atoms with E-state index < -0.39 is 5.54 Å². The lowest BCUT2D eigenvalue weighted by molar-refractivity contribution is -0.121. The molecular weight excluding hydrogens is 250 g/mol. The number of carbonyl (C=O) groups is 1. The SMILES string of the molecule is NC1(C(=O)Nc2ccc(N3CCCC3)cc2)CCCC1. The Labute approximate surface area is 120 Å². The third kappa shape index (κ3) is 2.66. The van der Waals surface area contributed by atoms with Gasteiger partial charge in [-0.1, -0.05) is 12.8 Å². The summed E-state index contributed by atoms with van der Waals surface area (Å²) in [6.07, 6.45) is 6.24. The Bertz CT molecular complexity index is 471. The van der Waals surface area contributed by atoms with Gasteiger partial charge in [-0.25, -0.2) is 0 Å². The summed E-state index contributed by atoms with van der Waals surface area (Å²) in [4.78, 5) is 14.6. The molecule has 1 aromatic rings. The van der Waals surface area contributed by atoms with Gasteiger partial charge in [0.1, 0.15) is 0 Å². The second-order valence-electron chi connectivity index (χ2n) is 6.06. The summed E-state index contributed by atoms with van der Waals surface area (Å²) >= 11 is 0. The molecule has 0 bridgehead atoms. The summed E-state index contributed by atoms with van der Waals surface area (Å²) in [5.41, 5.74) is 7.58. The fraction of sp³-hybridized carbons (Fsp3) is 0.562. The van der Waals surface area contributed by atoms with Gasteiger partial charge in [-0.05, 0) is 49.9 Å². The van der Waals surface area contributed by atoms with Gasteiger partial charge >= 0.3 is 0 Å². The van der Waals surface area contributed by atoms with Crippen LogP contribution in [0.1, 0.15) is 38.5 Å². The third-order valence-corrected chi connectivity index (χ3v) is 4.54. The predicted octanol–water partition coefficient (Wildman–Crippen LogP) is 2.50. The van der Waals surface area contributed by atoms with Crippen molar-refractivity contribution in [3.8, 4) is 0 Å². The third-order valence-electron chi connectivity index (χ3n) is 4.54. The Balaban J connectivity index is 1.64. The summed E-state index contributed by atoms with van der Waals surface area (Å²) in [5, 5.41) is 2.96. The van der Waals surface area contributed by atoms with Crippen LogP contribution in [-0.4, -0.2) is 24.5 Å². The first-order chi connectivity index (χ1) is 9.67. The van der Waals surface area contributed by atoms with Crippen molar-refractivity contribution in [2.24, 2.45) is 5.73 Å². The van der Waals surface area contributed by atoms with Gasteiger partial charge in [0.2, 0.25) is 5.91 Å². The van der Waals surface area contributed by atoms with Gasteiger partial charge in [-0.3, -0.25) is 4.79 Å². The van der Waals surface area contributed by atoms with Gasteiger partial charge in [-0.15, -0.1) is 0 Å². The Morgan fingerprint density at radius 3 is 2.25 bits per heavy atom. The molecule has 1 heterocycles. The second-order valence-corrected chi connectivity index (χ2v) is 6.06. The Kier molecular flexibility index (Phi) is 3.66. The van der Waals surface area contributed by atoms with E-state index >= 15 is 0 Å². The maximum Gasteiger partial charge on any atom is 0.244 e. The van der Waals surface area contributed by atoms with Crippen molar-refractivity contribution in [3.05, 3.63) is 24.3 Å². The molecule has 1 aliphatic carbocycles. The van der Waals surface area contributed by atoms with Gasteiger partial charge in [0.15, 0.2) is 0 Å². The highest BCUT2D eigenvalue weighted by molar-refractivity contribution is 5.98. The highest BCUT2D eigenvalue weighted by Crippen LogP contribution is 2.29. The molecule has 2 fully saturated rings. The standard InChI is InChI=1S/C16H23N3O/c17-16(9-1-2-10-16)15(20)18-13-5-7-14(8-6-13)19-11-3-4-12-19/h5-8H,1-4,9-12,17H2,(H,18,20). The molecule has 1 saturated heterocycles. The van der Waals surface area contributed by atoms with Crippen LogP contribution in [0.5, 0.6) is 0 Å². The minimum atomic E-state index is -0.659. The van der Waals surface area contributed by atoms with E-state index in [4.69, 9.17) is 5.73 Å². The molecule has 0 spiro atoms. The second kappa shape index (κ2) is 5.44. The van der Waals surface area contributed by atoms with Crippen molar-refractivity contribution in [1.29, 1.82) is 0 Å². The zero-order valence-electron chi connectivity index (χ0n) is 11.9. The number of nitrogens with zero attached hydrogens (tertiary/aromatic N) is 1. The molecule has 20 heavy (non-hydrogen) atoms. The normalized spacial score (nSPS) is 21.1. The van der Waals surface area contributed by atoms with Crippen LogP contribution in [0, 0.1) is 0 Å². The first-order valence-electron chi connectivity index (χ1n) is 7.63. The van der Waals surface area contributed by atoms with Crippen LogP contribution in [0.25, 0.3) is 0 Å². The summed E-state index contributed by atoms with van der Waals surface area (Å²) in [6.45, 7) is 2.27. The van der Waals surface area contributed by atoms with E-state index in [-0.39, 0.29) is 5.91 Å². The zero-order valence-corrected chi connectivity index (χ0v) is 11.9. The number of amides is 1. The summed E-state index contributed by atoms with van der Waals surface area (Å²) in [6, 6.07) is 8.12. The largest absolute Gasteiger partial charge is 0.372 e. The van der Waals surface area contributed by atoms with E-state index in [2.05, 4.69) is 22.3 Å². The Hall–Kier alpha value is -1.55. The number of nitrogens with two attached hydrogens (primary N) is 1. The highest BCUT2D eigenvalue weighted by atomic mass is 16.2. The zero-order chi connectivity index (χ0) is 14.0. The quantitative estimate of drug-likeness (QED) is 0.889. The van der Waals surface area contributed by atoms with Crippen LogP contribution >= 0.6 is 0 Å². The number of hydrogen-bond acceptors (Lipinski definition) is 3. The lowest BCUT2D eigenvalue weighted by Gasteiger charge is -2.23. The van der Waals surface area contributed by atoms with Crippen LogP contribution in [-0.2, 0) is 4.79 Å². The van der Waals surface area contributed by atoms with Crippen LogP contribution in [0.15, 0.2) is 24.3 Å². The molecule has 0 radical (unpaired) electrons. The molecule has 1 amide bonds. The number of rotatable bonds is 3. The average molecular weight is 273 g/mol. The van der Waals surface area contributed by atoms with E-state index in [0.29, 0.717) is 0 Å². The summed E-state index contributed by atoms with van der Waals surface area (Å²) < 4.78 is 0. The minimum absolute atomic E-state index is 0.0380. The molecule has 4 heteroatoms. The fourth-order valence-corrected chi connectivity index (χ4v) is 3.22. The number of hydrogen-bond donors (Lipinski definition) is 2. The number of carbonyl (C=O) groups excluding carboxylic acids is 1. The van der Waals surface area contributed by atoms with Crippen LogP contribution in [0.2, 0.25) is 0 Å². The lowest BCUT2D eigenvalue weighted by Crippen LogP contribution is -2.48. The van der Waals surface area contributed by atoms with E-state index in [1.165, 1.54) is 18.5 Å². The molecule has 1 aliphatic heterocycles. The average Bonchev–Trinajstić information content (AvgIpc) is 3.11. The van der Waals surface area contributed by atoms with Gasteiger partial charge in [0, 0.05) is 24.5 Å². The van der Waals surface area contributed by atoms with Gasteiger partial charge in [-0.2, -0.15) is 0 Å². The first-order valence-corrected chi connectivity index (χ1v) is 7.63. The van der Waals surface area contributed by atoms with Crippen molar-refractivity contribution < 1.29 is 4.79 Å². The smallest absolute Gasteiger partial charge is 0.244 e. The molecule has 0 atom stereocenters. The molecule has 1 saturated carbocycles. The van der Waals surface area contributed by atoms with Crippen molar-refractivity contribution in [3.63, 3.8) is 0 Å². The molecule has 0 aromatic heterocycles. The predicted molar refractivity (Wildman–Crippen MR) is 81.9 cm³/mol. The summed E-state index contributed by atoms with van der Waals surface area (Å²) in [5.74, 6) is -0.0380. The molecule has 1 aromatic carbocycles. The lowest BCUT2D eigenvalue weighted by atomic mass is 9.98. The van der Waals surface area contributed by atoms with E-state index in [1.807, 2.05) is 12.1 Å². The molecule has 3 N–H and O–H groups in total. The fourth-order valence-electron chi connectivity index (χ4n) is 3.22. The molecule has 4 nitrogen and oxygen atoms in total. The van der Waals surface area contributed by atoms with Crippen molar-refractivity contribution in [2.45, 2.75) is 44.1 Å². The first kappa shape index (κ1) is 13.4. The van der Waals surface area contributed by atoms with Crippen LogP contribution in [0.3, 0.4) is 0 Å². The molecule has 108 valence electrons. The maximum absolute atomic E-state index is 12.2. The monoisotopic (exact) mass is 273 g/mol. The topological polar surface area (TPSA) is 58.4 Å². The molecule has 3 rings (SSSR count). The molecular formula is C16H23N3O. The van der Waals surface area contributed by atoms with Crippen LogP contribution < -0.4 is 16.0 Å². The highest BCUT2D eigenvalue weighted by Gasteiger charge is 2.36. The van der Waals surface area contributed by atoms with Crippen molar-refractivity contribution in [2.75, 3.05) is 23.3 Å². The van der Waals surface area contributed by atoms with Gasteiger partial charge in [0.05, 0.1) is 5.54 Å². The van der Waals surface area contributed by atoms with E-state index in [9.17, 15) is 4.79 Å². The molecule has 0 unspecified atom stereocenters. The van der Waals surface area contributed by atoms with E-state index in [1.54, 1.807) is 0 Å². The summed E-state index contributed by atoms with van der Waals surface area (Å²) in [7, 11) is 0. The minimum Gasteiger partial charge on any atom is -0.372 e. The Morgan fingerprint density at radius 1 is 1.05 bits per heavy atom. The van der Waals surface area contributed by atoms with Gasteiger partial charge < -0.3 is 16.0 Å². The number of anilines is 2. The van der Waals surface area contributed by atoms with Crippen LogP contribution in [0.4, 0.5) is 11.4 Å². The maximum atomic E-state index is 12.2. The Morgan fingerprint density at radius 2 is 1.65 bits per heavy atom. The van der Waals surface area contributed by atoms with Crippen molar-refractivity contribution in [1.82, 2.24) is 0 Å². The number of nitrogens with one attached hydrogen (secondary N) is 1.